The van der Waals surface area contributed by atoms with Gasteiger partial charge in [-0.25, -0.2) is 4.79 Å². The maximum Gasteiger partial charge on any atom is 0.418 e. The molecule has 1 fully saturated rings. The van der Waals surface area contributed by atoms with E-state index < -0.39 is 17.8 Å². The molecule has 1 aliphatic rings. The minimum Gasteiger partial charge on any atom is -0.337 e. The quantitative estimate of drug-likeness (QED) is 0.764. The number of benzene rings is 2. The Balaban J connectivity index is 1.64. The zero-order chi connectivity index (χ0) is 18.1. The zero-order valence-corrected chi connectivity index (χ0v) is 13.9. The monoisotopic (exact) mass is 368 g/mol. The van der Waals surface area contributed by atoms with Crippen molar-refractivity contribution < 1.29 is 18.0 Å². The van der Waals surface area contributed by atoms with Gasteiger partial charge in [-0.15, -0.1) is 0 Å². The molecule has 0 spiro atoms. The van der Waals surface area contributed by atoms with Crippen LogP contribution in [0.1, 0.15) is 24.0 Å². The first-order valence-corrected chi connectivity index (χ1v) is 8.15. The third-order valence-corrected chi connectivity index (χ3v) is 4.63. The summed E-state index contributed by atoms with van der Waals surface area (Å²) in [5.74, 6) is 0. The van der Waals surface area contributed by atoms with Crippen LogP contribution in [0.4, 0.5) is 23.7 Å². The van der Waals surface area contributed by atoms with Gasteiger partial charge in [-0.2, -0.15) is 13.2 Å². The van der Waals surface area contributed by atoms with Gasteiger partial charge in [0.2, 0.25) is 0 Å². The molecular formula is C18H16ClF3N2O. The number of hydrogen-bond acceptors (Lipinski definition) is 1. The van der Waals surface area contributed by atoms with Crippen molar-refractivity contribution in [3.63, 3.8) is 0 Å². The van der Waals surface area contributed by atoms with Crippen LogP contribution in [-0.4, -0.2) is 12.6 Å². The maximum absolute atomic E-state index is 13.0. The van der Waals surface area contributed by atoms with Crippen LogP contribution < -0.4 is 10.6 Å². The van der Waals surface area contributed by atoms with Crippen LogP contribution in [0.2, 0.25) is 5.02 Å². The van der Waals surface area contributed by atoms with E-state index in [1.807, 2.05) is 12.1 Å². The Kier molecular flexibility index (Phi) is 4.64. The van der Waals surface area contributed by atoms with Gasteiger partial charge in [-0.05, 0) is 42.7 Å². The van der Waals surface area contributed by atoms with Crippen LogP contribution >= 0.6 is 11.6 Å². The molecule has 2 amide bonds. The Morgan fingerprint density at radius 2 is 1.72 bits per heavy atom. The second kappa shape index (κ2) is 6.59. The molecule has 2 aromatic carbocycles. The number of rotatable bonds is 4. The highest BCUT2D eigenvalue weighted by Gasteiger charge is 2.44. The Hall–Kier alpha value is -2.21. The van der Waals surface area contributed by atoms with Gasteiger partial charge in [0.15, 0.2) is 0 Å². The van der Waals surface area contributed by atoms with Gasteiger partial charge >= 0.3 is 12.2 Å². The predicted molar refractivity (Wildman–Crippen MR) is 90.8 cm³/mol. The molecule has 0 radical (unpaired) electrons. The van der Waals surface area contributed by atoms with E-state index in [1.54, 1.807) is 12.1 Å². The molecule has 0 atom stereocenters. The van der Waals surface area contributed by atoms with Crippen molar-refractivity contribution in [3.8, 4) is 0 Å². The fraction of sp³-hybridized carbons (Fsp3) is 0.278. The molecule has 0 aromatic heterocycles. The average molecular weight is 369 g/mol. The topological polar surface area (TPSA) is 41.1 Å². The molecule has 7 heteroatoms. The van der Waals surface area contributed by atoms with Crippen LogP contribution in [0.15, 0.2) is 48.5 Å². The standard InChI is InChI=1S/C18H16ClF3N2O/c19-13-7-5-12(6-8-13)17(9-10-17)11-23-16(25)24-15-4-2-1-3-14(15)18(20,21)22/h1-8H,9-11H2,(H2,23,24,25). The number of para-hydroxylation sites is 1. The van der Waals surface area contributed by atoms with Gasteiger partial charge in [-0.1, -0.05) is 35.9 Å². The summed E-state index contributed by atoms with van der Waals surface area (Å²) in [5, 5.41) is 5.60. The Labute approximate surface area is 148 Å². The van der Waals surface area contributed by atoms with Crippen LogP contribution in [-0.2, 0) is 11.6 Å². The molecule has 0 saturated heterocycles. The second-order valence-electron chi connectivity index (χ2n) is 6.14. The third-order valence-electron chi connectivity index (χ3n) is 4.38. The van der Waals surface area contributed by atoms with Crippen molar-refractivity contribution in [2.24, 2.45) is 0 Å². The normalized spacial score (nSPS) is 15.5. The first kappa shape index (κ1) is 17.6. The van der Waals surface area contributed by atoms with Crippen LogP contribution in [0.25, 0.3) is 0 Å². The van der Waals surface area contributed by atoms with Crippen molar-refractivity contribution >= 4 is 23.3 Å². The van der Waals surface area contributed by atoms with Crippen molar-refractivity contribution in [2.45, 2.75) is 24.4 Å². The average Bonchev–Trinajstić information content (AvgIpc) is 3.34. The highest BCUT2D eigenvalue weighted by molar-refractivity contribution is 6.30. The maximum atomic E-state index is 13.0. The fourth-order valence-corrected chi connectivity index (χ4v) is 2.90. The summed E-state index contributed by atoms with van der Waals surface area (Å²) in [4.78, 5) is 12.0. The number of carbonyl (C=O) groups is 1. The molecule has 1 aliphatic carbocycles. The molecule has 132 valence electrons. The van der Waals surface area contributed by atoms with E-state index in [9.17, 15) is 18.0 Å². The minimum atomic E-state index is -4.52. The van der Waals surface area contributed by atoms with E-state index in [1.165, 1.54) is 18.2 Å². The number of carbonyl (C=O) groups excluding carboxylic acids is 1. The molecular weight excluding hydrogens is 353 g/mol. The van der Waals surface area contributed by atoms with E-state index in [2.05, 4.69) is 10.6 Å². The molecule has 0 aliphatic heterocycles. The molecule has 0 unspecified atom stereocenters. The number of amides is 2. The van der Waals surface area contributed by atoms with E-state index in [0.29, 0.717) is 11.6 Å². The lowest BCUT2D eigenvalue weighted by atomic mass is 9.96. The van der Waals surface area contributed by atoms with Gasteiger partial charge < -0.3 is 10.6 Å². The van der Waals surface area contributed by atoms with E-state index >= 15 is 0 Å². The van der Waals surface area contributed by atoms with Gasteiger partial charge in [0.25, 0.3) is 0 Å². The summed E-state index contributed by atoms with van der Waals surface area (Å²) in [7, 11) is 0. The number of urea groups is 1. The molecule has 2 N–H and O–H groups in total. The number of alkyl halides is 3. The highest BCUT2D eigenvalue weighted by atomic mass is 35.5. The molecule has 25 heavy (non-hydrogen) atoms. The molecule has 3 rings (SSSR count). The minimum absolute atomic E-state index is 0.161. The summed E-state index contributed by atoms with van der Waals surface area (Å²) in [5.41, 5.74) is -0.230. The summed E-state index contributed by atoms with van der Waals surface area (Å²) in [6.45, 7) is 0.356. The summed E-state index contributed by atoms with van der Waals surface area (Å²) in [6, 6.07) is 11.6. The van der Waals surface area contributed by atoms with E-state index in [-0.39, 0.29) is 11.1 Å². The van der Waals surface area contributed by atoms with Crippen LogP contribution in [0.3, 0.4) is 0 Å². The number of hydrogen-bond donors (Lipinski definition) is 2. The van der Waals surface area contributed by atoms with Gasteiger partial charge in [-0.3, -0.25) is 0 Å². The molecule has 2 aromatic rings. The summed E-state index contributed by atoms with van der Waals surface area (Å²) in [6.07, 6.45) is -2.70. The molecule has 1 saturated carbocycles. The Morgan fingerprint density at radius 3 is 2.32 bits per heavy atom. The van der Waals surface area contributed by atoms with Crippen molar-refractivity contribution in [1.82, 2.24) is 5.32 Å². The zero-order valence-electron chi connectivity index (χ0n) is 13.2. The smallest absolute Gasteiger partial charge is 0.337 e. The molecule has 0 bridgehead atoms. The van der Waals surface area contributed by atoms with Gasteiger partial charge in [0, 0.05) is 17.0 Å². The first-order valence-electron chi connectivity index (χ1n) is 7.77. The van der Waals surface area contributed by atoms with Crippen LogP contribution in [0.5, 0.6) is 0 Å². The second-order valence-corrected chi connectivity index (χ2v) is 6.57. The van der Waals surface area contributed by atoms with E-state index in [0.717, 1.165) is 24.5 Å². The SMILES string of the molecule is O=C(NCC1(c2ccc(Cl)cc2)CC1)Nc1ccccc1C(F)(F)F. The van der Waals surface area contributed by atoms with Gasteiger partial charge in [0.1, 0.15) is 0 Å². The number of anilines is 1. The Bertz CT molecular complexity index is 771. The lowest BCUT2D eigenvalue weighted by Crippen LogP contribution is -2.35. The first-order chi connectivity index (χ1) is 11.8. The number of halogens is 4. The van der Waals surface area contributed by atoms with Crippen molar-refractivity contribution in [2.75, 3.05) is 11.9 Å². The van der Waals surface area contributed by atoms with Crippen LogP contribution in [0, 0.1) is 0 Å². The number of nitrogens with one attached hydrogen (secondary N) is 2. The van der Waals surface area contributed by atoms with E-state index in [4.69, 9.17) is 11.6 Å². The van der Waals surface area contributed by atoms with Crippen molar-refractivity contribution in [3.05, 3.63) is 64.7 Å². The predicted octanol–water partition coefficient (Wildman–Crippen LogP) is 5.21. The largest absolute Gasteiger partial charge is 0.418 e. The summed E-state index contributed by atoms with van der Waals surface area (Å²) >= 11 is 5.88. The summed E-state index contributed by atoms with van der Waals surface area (Å²) < 4.78 is 38.9. The highest BCUT2D eigenvalue weighted by Crippen LogP contribution is 2.47. The third kappa shape index (κ3) is 4.07. The lowest BCUT2D eigenvalue weighted by Gasteiger charge is -2.18. The fourth-order valence-electron chi connectivity index (χ4n) is 2.78. The molecule has 3 nitrogen and oxygen atoms in total. The lowest BCUT2D eigenvalue weighted by molar-refractivity contribution is -0.136. The Morgan fingerprint density at radius 1 is 1.08 bits per heavy atom. The molecule has 0 heterocycles. The van der Waals surface area contributed by atoms with Gasteiger partial charge in [0.05, 0.1) is 11.3 Å². The van der Waals surface area contributed by atoms with Crippen molar-refractivity contribution in [1.29, 1.82) is 0 Å².